The van der Waals surface area contributed by atoms with Gasteiger partial charge in [0.1, 0.15) is 26.2 Å². The highest BCUT2D eigenvalue weighted by atomic mass is 32.2. The lowest BCUT2D eigenvalue weighted by Gasteiger charge is -2.02. The number of nitrogens with zero attached hydrogens (tertiary/aromatic N) is 4. The van der Waals surface area contributed by atoms with Crippen LogP contribution in [0.4, 0.5) is 11.4 Å². The maximum Gasteiger partial charge on any atom is 0.339 e. The third-order valence-electron chi connectivity index (χ3n) is 6.21. The van der Waals surface area contributed by atoms with Crippen molar-refractivity contribution in [1.29, 1.82) is 0 Å². The predicted octanol–water partition coefficient (Wildman–Crippen LogP) is 7.61. The molecular formula is C28H18N4O6S3. The Labute approximate surface area is 240 Å². The van der Waals surface area contributed by atoms with Crippen molar-refractivity contribution in [1.82, 2.24) is 9.97 Å². The van der Waals surface area contributed by atoms with Gasteiger partial charge >= 0.3 is 5.97 Å². The van der Waals surface area contributed by atoms with Crippen LogP contribution in [-0.2, 0) is 10.1 Å². The van der Waals surface area contributed by atoms with Gasteiger partial charge in [0.25, 0.3) is 10.1 Å². The number of hydrogen-bond acceptors (Lipinski definition) is 10. The molecule has 6 aromatic rings. The fourth-order valence-corrected chi connectivity index (χ4v) is 7.55. The van der Waals surface area contributed by atoms with Gasteiger partial charge in [-0.25, -0.2) is 14.8 Å². The fraction of sp³-hybridized carbons (Fsp3) is 0.0357. The smallest absolute Gasteiger partial charge is 0.339 e. The SMILES string of the molecule is Cc1ccc2nc(-c3ccc4nc(-c5ccc(N=Nc6ccc(O)c(C(=O)O)c6)cc5)sc4c3)sc2c1S(=O)(=O)O. The monoisotopic (exact) mass is 602 g/mol. The Kier molecular flexibility index (Phi) is 6.58. The number of azo groups is 1. The van der Waals surface area contributed by atoms with Gasteiger partial charge in [0.2, 0.25) is 0 Å². The second kappa shape index (κ2) is 10.1. The first-order valence-electron chi connectivity index (χ1n) is 11.9. The summed E-state index contributed by atoms with van der Waals surface area (Å²) in [6, 6.07) is 20.3. The van der Waals surface area contributed by atoms with Crippen molar-refractivity contribution < 1.29 is 28.0 Å². The molecular weight excluding hydrogens is 585 g/mol. The maximum atomic E-state index is 12.0. The van der Waals surface area contributed by atoms with Crippen LogP contribution in [0.5, 0.6) is 5.75 Å². The number of benzene rings is 4. The molecule has 0 aliphatic heterocycles. The van der Waals surface area contributed by atoms with Gasteiger partial charge in [-0.15, -0.1) is 22.7 Å². The third kappa shape index (κ3) is 5.18. The molecule has 0 saturated carbocycles. The molecule has 0 aliphatic rings. The molecule has 0 unspecified atom stereocenters. The zero-order chi connectivity index (χ0) is 28.9. The molecule has 0 saturated heterocycles. The largest absolute Gasteiger partial charge is 0.507 e. The first kappa shape index (κ1) is 26.7. The van der Waals surface area contributed by atoms with Crippen molar-refractivity contribution in [2.45, 2.75) is 11.8 Å². The van der Waals surface area contributed by atoms with Crippen LogP contribution in [-0.4, -0.2) is 39.1 Å². The van der Waals surface area contributed by atoms with Gasteiger partial charge in [-0.3, -0.25) is 4.55 Å². The normalized spacial score (nSPS) is 12.0. The van der Waals surface area contributed by atoms with Crippen LogP contribution in [0, 0.1) is 6.92 Å². The molecule has 0 fully saturated rings. The van der Waals surface area contributed by atoms with E-state index in [1.165, 1.54) is 40.9 Å². The number of thiazole rings is 2. The summed E-state index contributed by atoms with van der Waals surface area (Å²) in [5, 5.41) is 28.4. The minimum atomic E-state index is -4.40. The zero-order valence-corrected chi connectivity index (χ0v) is 23.5. The van der Waals surface area contributed by atoms with Crippen LogP contribution in [0.25, 0.3) is 41.6 Å². The summed E-state index contributed by atoms with van der Waals surface area (Å²) >= 11 is 2.70. The van der Waals surface area contributed by atoms with Crippen LogP contribution in [0.3, 0.4) is 0 Å². The van der Waals surface area contributed by atoms with Crippen molar-refractivity contribution in [2.24, 2.45) is 10.2 Å². The van der Waals surface area contributed by atoms with Crippen LogP contribution >= 0.6 is 22.7 Å². The number of aryl methyl sites for hydroxylation is 1. The summed E-state index contributed by atoms with van der Waals surface area (Å²) in [4.78, 5) is 20.4. The first-order valence-corrected chi connectivity index (χ1v) is 15.0. The maximum absolute atomic E-state index is 12.0. The molecule has 0 spiro atoms. The topological polar surface area (TPSA) is 162 Å². The van der Waals surface area contributed by atoms with E-state index in [4.69, 9.17) is 10.1 Å². The molecule has 2 aromatic heterocycles. The lowest BCUT2D eigenvalue weighted by molar-refractivity contribution is 0.0693. The molecule has 4 aromatic carbocycles. The predicted molar refractivity (Wildman–Crippen MR) is 157 cm³/mol. The quantitative estimate of drug-likeness (QED) is 0.129. The minimum absolute atomic E-state index is 0.115. The van der Waals surface area contributed by atoms with E-state index >= 15 is 0 Å². The Morgan fingerprint density at radius 1 is 0.805 bits per heavy atom. The van der Waals surface area contributed by atoms with Gasteiger partial charge in [0.05, 0.1) is 31.8 Å². The molecule has 2 heterocycles. The number of rotatable bonds is 6. The third-order valence-corrected chi connectivity index (χ3v) is 9.58. The number of fused-ring (bicyclic) bond motifs is 2. The van der Waals surface area contributed by atoms with Crippen molar-refractivity contribution in [3.63, 3.8) is 0 Å². The van der Waals surface area contributed by atoms with E-state index < -0.39 is 16.1 Å². The average molecular weight is 603 g/mol. The zero-order valence-electron chi connectivity index (χ0n) is 21.0. The van der Waals surface area contributed by atoms with E-state index in [0.29, 0.717) is 32.2 Å². The highest BCUT2D eigenvalue weighted by molar-refractivity contribution is 7.86. The van der Waals surface area contributed by atoms with Gasteiger partial charge in [-0.2, -0.15) is 18.6 Å². The molecule has 0 radical (unpaired) electrons. The van der Waals surface area contributed by atoms with Gasteiger partial charge in [-0.05, 0) is 79.2 Å². The van der Waals surface area contributed by atoms with Crippen LogP contribution in [0.2, 0.25) is 0 Å². The first-order chi connectivity index (χ1) is 19.6. The van der Waals surface area contributed by atoms with E-state index in [1.807, 2.05) is 30.3 Å². The van der Waals surface area contributed by atoms with Crippen molar-refractivity contribution in [3.8, 4) is 26.9 Å². The molecule has 41 heavy (non-hydrogen) atoms. The minimum Gasteiger partial charge on any atom is -0.507 e. The number of aromatic carboxylic acids is 1. The Bertz CT molecular complexity index is 2130. The summed E-state index contributed by atoms with van der Waals surface area (Å²) in [6.07, 6.45) is 0. The molecule has 204 valence electrons. The highest BCUT2D eigenvalue weighted by Crippen LogP contribution is 2.38. The summed E-state index contributed by atoms with van der Waals surface area (Å²) in [5.74, 6) is -1.60. The Balaban J connectivity index is 1.27. The van der Waals surface area contributed by atoms with Gasteiger partial charge in [0, 0.05) is 11.1 Å². The summed E-state index contributed by atoms with van der Waals surface area (Å²) in [7, 11) is -4.40. The lowest BCUT2D eigenvalue weighted by Crippen LogP contribution is -2.00. The van der Waals surface area contributed by atoms with E-state index in [9.17, 15) is 22.9 Å². The van der Waals surface area contributed by atoms with E-state index in [1.54, 1.807) is 31.2 Å². The summed E-state index contributed by atoms with van der Waals surface area (Å²) in [6.45, 7) is 1.63. The molecule has 0 amide bonds. The Hall–Kier alpha value is -4.56. The van der Waals surface area contributed by atoms with Crippen LogP contribution in [0.1, 0.15) is 15.9 Å². The van der Waals surface area contributed by atoms with Gasteiger partial charge < -0.3 is 10.2 Å². The summed E-state index contributed by atoms with van der Waals surface area (Å²) in [5.41, 5.74) is 4.03. The van der Waals surface area contributed by atoms with E-state index in [2.05, 4.69) is 15.2 Å². The van der Waals surface area contributed by atoms with Crippen molar-refractivity contribution in [3.05, 3.63) is 83.9 Å². The van der Waals surface area contributed by atoms with Crippen molar-refractivity contribution in [2.75, 3.05) is 0 Å². The van der Waals surface area contributed by atoms with Crippen molar-refractivity contribution >= 4 is 70.6 Å². The molecule has 0 bridgehead atoms. The Morgan fingerprint density at radius 3 is 2.17 bits per heavy atom. The second-order valence-electron chi connectivity index (χ2n) is 9.01. The van der Waals surface area contributed by atoms with Gasteiger partial charge in [0.15, 0.2) is 0 Å². The molecule has 13 heteroatoms. The molecule has 10 nitrogen and oxygen atoms in total. The number of carboxylic acid groups (broad SMARTS) is 1. The number of carboxylic acids is 1. The number of carbonyl (C=O) groups is 1. The standard InChI is InChI=1S/C28H18N4O6S3/c1-14-2-9-21-24(25(14)41(36,37)38)40-27(30-21)16-5-10-20-23(12-16)39-26(29-20)15-3-6-17(7-4-15)31-32-18-8-11-22(33)19(13-18)28(34)35/h2-13,33H,1H3,(H,34,35)(H,36,37,38). The lowest BCUT2D eigenvalue weighted by atomic mass is 10.2. The Morgan fingerprint density at radius 2 is 1.44 bits per heavy atom. The molecule has 0 aliphatic carbocycles. The second-order valence-corrected chi connectivity index (χ2v) is 12.4. The fourth-order valence-electron chi connectivity index (χ4n) is 4.24. The number of aromatic nitrogens is 2. The molecule has 0 atom stereocenters. The van der Waals surface area contributed by atoms with Crippen LogP contribution < -0.4 is 0 Å². The molecule has 3 N–H and O–H groups in total. The van der Waals surface area contributed by atoms with E-state index in [-0.39, 0.29) is 16.2 Å². The highest BCUT2D eigenvalue weighted by Gasteiger charge is 2.21. The number of hydrogen-bond donors (Lipinski definition) is 3. The average Bonchev–Trinajstić information content (AvgIpc) is 3.56. The molecule has 6 rings (SSSR count). The van der Waals surface area contributed by atoms with Crippen LogP contribution in [0.15, 0.2) is 87.9 Å². The van der Waals surface area contributed by atoms with E-state index in [0.717, 1.165) is 26.4 Å². The summed E-state index contributed by atoms with van der Waals surface area (Å²) < 4.78 is 35.0. The van der Waals surface area contributed by atoms with Gasteiger partial charge in [-0.1, -0.05) is 6.07 Å². The number of aromatic hydroxyl groups is 1. The number of phenols is 1.